The molecule has 0 spiro atoms. The Hall–Kier alpha value is -2.80. The van der Waals surface area contributed by atoms with Gasteiger partial charge in [0.2, 0.25) is 5.91 Å². The lowest BCUT2D eigenvalue weighted by molar-refractivity contribution is -0.137. The van der Waals surface area contributed by atoms with E-state index in [0.717, 1.165) is 22.1 Å². The number of hydrogen-bond acceptors (Lipinski definition) is 4. The molecular weight excluding hydrogens is 346 g/mol. The van der Waals surface area contributed by atoms with Crippen molar-refractivity contribution in [1.82, 2.24) is 15.1 Å². The average Bonchev–Trinajstić information content (AvgIpc) is 2.70. The molecule has 27 heavy (non-hydrogen) atoms. The largest absolute Gasteiger partial charge is 0.497 e. The molecule has 1 atom stereocenters. The van der Waals surface area contributed by atoms with Crippen LogP contribution in [-0.4, -0.2) is 69.2 Å². The molecule has 3 amide bonds. The highest BCUT2D eigenvalue weighted by Crippen LogP contribution is 2.27. The lowest BCUT2D eigenvalue weighted by Gasteiger charge is -2.33. The van der Waals surface area contributed by atoms with Crippen LogP contribution in [0.4, 0.5) is 4.79 Å². The molecule has 7 heteroatoms. The van der Waals surface area contributed by atoms with Crippen molar-refractivity contribution in [3.63, 3.8) is 0 Å². The number of carbonyl (C=O) groups excluding carboxylic acids is 2. The van der Waals surface area contributed by atoms with Crippen LogP contribution in [0.2, 0.25) is 0 Å². The number of methoxy groups -OCH3 is 1. The van der Waals surface area contributed by atoms with Crippen molar-refractivity contribution < 1.29 is 19.1 Å². The fourth-order valence-electron chi connectivity index (χ4n) is 3.07. The van der Waals surface area contributed by atoms with E-state index >= 15 is 0 Å². The topological polar surface area (TPSA) is 71.1 Å². The highest BCUT2D eigenvalue weighted by Gasteiger charge is 2.25. The molecule has 1 N–H and O–H groups in total. The Labute approximate surface area is 158 Å². The molecule has 0 saturated carbocycles. The van der Waals surface area contributed by atoms with E-state index in [1.807, 2.05) is 30.3 Å². The van der Waals surface area contributed by atoms with Gasteiger partial charge in [-0.2, -0.15) is 0 Å². The maximum absolute atomic E-state index is 12.4. The van der Waals surface area contributed by atoms with Gasteiger partial charge in [-0.3, -0.25) is 4.79 Å². The summed E-state index contributed by atoms with van der Waals surface area (Å²) in [7, 11) is 4.93. The Morgan fingerprint density at radius 2 is 1.96 bits per heavy atom. The van der Waals surface area contributed by atoms with Gasteiger partial charge < -0.3 is 24.6 Å². The maximum Gasteiger partial charge on any atom is 0.317 e. The average molecular weight is 371 g/mol. The van der Waals surface area contributed by atoms with E-state index in [0.29, 0.717) is 19.7 Å². The summed E-state index contributed by atoms with van der Waals surface area (Å²) in [6.45, 7) is 1.45. The third kappa shape index (κ3) is 4.49. The highest BCUT2D eigenvalue weighted by molar-refractivity contribution is 5.85. The molecule has 0 radical (unpaired) electrons. The Kier molecular flexibility index (Phi) is 5.81. The molecule has 0 aliphatic carbocycles. The normalized spacial score (nSPS) is 16.9. The van der Waals surface area contributed by atoms with Gasteiger partial charge >= 0.3 is 6.03 Å². The molecule has 1 saturated heterocycles. The standard InChI is InChI=1S/C20H25N3O4/c1-22(2)20(25)21-12-19(24)23-8-9-27-18(13-23)16-5-4-15-11-17(26-3)7-6-14(15)10-16/h4-7,10-11,18H,8-9,12-13H2,1-3H3,(H,21,25). The van der Waals surface area contributed by atoms with E-state index in [4.69, 9.17) is 9.47 Å². The highest BCUT2D eigenvalue weighted by atomic mass is 16.5. The summed E-state index contributed by atoms with van der Waals surface area (Å²) in [4.78, 5) is 27.1. The summed E-state index contributed by atoms with van der Waals surface area (Å²) < 4.78 is 11.1. The van der Waals surface area contributed by atoms with Gasteiger partial charge in [0.15, 0.2) is 0 Å². The van der Waals surface area contributed by atoms with Crippen molar-refractivity contribution in [3.8, 4) is 5.75 Å². The summed E-state index contributed by atoms with van der Waals surface area (Å²) in [6, 6.07) is 11.8. The van der Waals surface area contributed by atoms with E-state index in [2.05, 4.69) is 11.4 Å². The van der Waals surface area contributed by atoms with Crippen LogP contribution in [0.3, 0.4) is 0 Å². The molecule has 1 aliphatic heterocycles. The van der Waals surface area contributed by atoms with Crippen molar-refractivity contribution >= 4 is 22.7 Å². The van der Waals surface area contributed by atoms with Crippen molar-refractivity contribution in [3.05, 3.63) is 42.0 Å². The van der Waals surface area contributed by atoms with Crippen LogP contribution < -0.4 is 10.1 Å². The van der Waals surface area contributed by atoms with E-state index in [1.54, 1.807) is 26.1 Å². The van der Waals surface area contributed by atoms with Crippen molar-refractivity contribution in [2.75, 3.05) is 47.4 Å². The van der Waals surface area contributed by atoms with Crippen LogP contribution in [0, 0.1) is 0 Å². The number of fused-ring (bicyclic) bond motifs is 1. The van der Waals surface area contributed by atoms with Gasteiger partial charge in [-0.1, -0.05) is 18.2 Å². The van der Waals surface area contributed by atoms with Crippen LogP contribution in [0.1, 0.15) is 11.7 Å². The third-order valence-electron chi connectivity index (χ3n) is 4.66. The van der Waals surface area contributed by atoms with Crippen LogP contribution in [0.15, 0.2) is 36.4 Å². The van der Waals surface area contributed by atoms with Gasteiger partial charge in [0, 0.05) is 20.6 Å². The Morgan fingerprint density at radius 1 is 1.22 bits per heavy atom. The molecule has 1 heterocycles. The fourth-order valence-corrected chi connectivity index (χ4v) is 3.07. The molecule has 1 fully saturated rings. The number of benzene rings is 2. The van der Waals surface area contributed by atoms with Gasteiger partial charge in [0.1, 0.15) is 11.9 Å². The van der Waals surface area contributed by atoms with Gasteiger partial charge in [0.25, 0.3) is 0 Å². The van der Waals surface area contributed by atoms with E-state index in [-0.39, 0.29) is 24.6 Å². The molecule has 1 aliphatic rings. The second kappa shape index (κ2) is 8.26. The number of morpholine rings is 1. The lowest BCUT2D eigenvalue weighted by atomic mass is 10.0. The predicted molar refractivity (Wildman–Crippen MR) is 103 cm³/mol. The summed E-state index contributed by atoms with van der Waals surface area (Å²) in [5.74, 6) is 0.713. The Morgan fingerprint density at radius 3 is 2.70 bits per heavy atom. The van der Waals surface area contributed by atoms with E-state index in [9.17, 15) is 9.59 Å². The van der Waals surface area contributed by atoms with E-state index in [1.165, 1.54) is 4.90 Å². The van der Waals surface area contributed by atoms with Crippen LogP contribution >= 0.6 is 0 Å². The molecule has 0 aromatic heterocycles. The van der Waals surface area contributed by atoms with Gasteiger partial charge in [-0.15, -0.1) is 0 Å². The molecule has 0 bridgehead atoms. The smallest absolute Gasteiger partial charge is 0.317 e. The summed E-state index contributed by atoms with van der Waals surface area (Å²) >= 11 is 0. The predicted octanol–water partition coefficient (Wildman–Crippen LogP) is 2.02. The first kappa shape index (κ1) is 19.0. The zero-order chi connectivity index (χ0) is 19.4. The lowest BCUT2D eigenvalue weighted by Crippen LogP contribution is -2.47. The second-order valence-corrected chi connectivity index (χ2v) is 6.72. The minimum Gasteiger partial charge on any atom is -0.497 e. The molecule has 3 rings (SSSR count). The number of nitrogens with zero attached hydrogens (tertiary/aromatic N) is 2. The van der Waals surface area contributed by atoms with Gasteiger partial charge in [-0.25, -0.2) is 4.79 Å². The van der Waals surface area contributed by atoms with E-state index < -0.39 is 0 Å². The maximum atomic E-state index is 12.4. The fraction of sp³-hybridized carbons (Fsp3) is 0.400. The minimum atomic E-state index is -0.280. The first-order valence-electron chi connectivity index (χ1n) is 8.90. The first-order chi connectivity index (χ1) is 13.0. The Bertz CT molecular complexity index is 837. The SMILES string of the molecule is COc1ccc2cc(C3CN(C(=O)CNC(=O)N(C)C)CCO3)ccc2c1. The number of amides is 3. The molecular formula is C20H25N3O4. The minimum absolute atomic E-state index is 0.0127. The van der Waals surface area contributed by atoms with Crippen molar-refractivity contribution in [2.24, 2.45) is 0 Å². The number of ether oxygens (including phenoxy) is 2. The summed E-state index contributed by atoms with van der Waals surface area (Å²) in [5.41, 5.74) is 1.03. The molecule has 2 aromatic carbocycles. The number of urea groups is 1. The number of hydrogen-bond donors (Lipinski definition) is 1. The molecule has 1 unspecified atom stereocenters. The monoisotopic (exact) mass is 371 g/mol. The second-order valence-electron chi connectivity index (χ2n) is 6.72. The third-order valence-corrected chi connectivity index (χ3v) is 4.66. The zero-order valence-electron chi connectivity index (χ0n) is 15.9. The van der Waals surface area contributed by atoms with Crippen LogP contribution in [-0.2, 0) is 9.53 Å². The van der Waals surface area contributed by atoms with Crippen molar-refractivity contribution in [2.45, 2.75) is 6.10 Å². The molecule has 2 aromatic rings. The summed E-state index contributed by atoms with van der Waals surface area (Å²) in [6.07, 6.45) is -0.182. The molecule has 144 valence electrons. The number of rotatable bonds is 4. The van der Waals surface area contributed by atoms with Crippen molar-refractivity contribution in [1.29, 1.82) is 0 Å². The quantitative estimate of drug-likeness (QED) is 0.893. The first-order valence-corrected chi connectivity index (χ1v) is 8.90. The summed E-state index contributed by atoms with van der Waals surface area (Å²) in [5, 5.41) is 4.80. The van der Waals surface area contributed by atoms with Crippen LogP contribution in [0.25, 0.3) is 10.8 Å². The zero-order valence-corrected chi connectivity index (χ0v) is 15.9. The Balaban J connectivity index is 1.67. The number of nitrogens with one attached hydrogen (secondary N) is 1. The van der Waals surface area contributed by atoms with Gasteiger partial charge in [-0.05, 0) is 34.5 Å². The number of carbonyl (C=O) groups is 2. The molecule has 7 nitrogen and oxygen atoms in total. The van der Waals surface area contributed by atoms with Gasteiger partial charge in [0.05, 0.1) is 26.8 Å². The van der Waals surface area contributed by atoms with Crippen LogP contribution in [0.5, 0.6) is 5.75 Å².